The van der Waals surface area contributed by atoms with Crippen LogP contribution in [0.3, 0.4) is 0 Å². The van der Waals surface area contributed by atoms with Crippen molar-refractivity contribution in [1.29, 1.82) is 0 Å². The fourth-order valence-electron chi connectivity index (χ4n) is 4.96. The van der Waals surface area contributed by atoms with E-state index in [1.165, 1.54) is 28.5 Å². The standard InChI is InChI=1S/C19H26N2O3S/c1-12-9-14-6-8-20-17(16(14)10-13(12)2)11-18-15(19(20)22)5-4-7-21(18)25(3,23)24/h9-10,15,17-18H,4-8,11H2,1-3H3. The smallest absolute Gasteiger partial charge is 0.227 e. The number of hydrogen-bond acceptors (Lipinski definition) is 3. The first-order chi connectivity index (χ1) is 11.8. The van der Waals surface area contributed by atoms with E-state index in [4.69, 9.17) is 0 Å². The Labute approximate surface area is 150 Å². The van der Waals surface area contributed by atoms with Crippen LogP contribution in [-0.4, -0.2) is 48.9 Å². The summed E-state index contributed by atoms with van der Waals surface area (Å²) in [5, 5.41) is 0. The molecule has 0 aliphatic carbocycles. The summed E-state index contributed by atoms with van der Waals surface area (Å²) in [5.74, 6) is -0.0219. The summed E-state index contributed by atoms with van der Waals surface area (Å²) in [6.07, 6.45) is 4.46. The number of aryl methyl sites for hydroxylation is 2. The number of amides is 1. The van der Waals surface area contributed by atoms with Crippen LogP contribution in [0.4, 0.5) is 0 Å². The lowest BCUT2D eigenvalue weighted by molar-refractivity contribution is -0.147. The van der Waals surface area contributed by atoms with E-state index in [-0.39, 0.29) is 23.9 Å². The van der Waals surface area contributed by atoms with Gasteiger partial charge in [0.1, 0.15) is 0 Å². The quantitative estimate of drug-likeness (QED) is 0.769. The van der Waals surface area contributed by atoms with Crippen LogP contribution in [0.5, 0.6) is 0 Å². The van der Waals surface area contributed by atoms with Crippen molar-refractivity contribution in [3.8, 4) is 0 Å². The normalized spacial score (nSPS) is 29.8. The van der Waals surface area contributed by atoms with Gasteiger partial charge in [0.25, 0.3) is 0 Å². The molecule has 1 amide bonds. The van der Waals surface area contributed by atoms with Crippen molar-refractivity contribution in [1.82, 2.24) is 9.21 Å². The molecule has 0 spiro atoms. The molecule has 0 N–H and O–H groups in total. The molecular formula is C19H26N2O3S. The molecule has 1 aromatic rings. The summed E-state index contributed by atoms with van der Waals surface area (Å²) < 4.78 is 26.1. The van der Waals surface area contributed by atoms with Gasteiger partial charge in [-0.1, -0.05) is 12.1 Å². The monoisotopic (exact) mass is 362 g/mol. The molecule has 0 radical (unpaired) electrons. The molecule has 3 aliphatic rings. The van der Waals surface area contributed by atoms with E-state index in [0.29, 0.717) is 6.54 Å². The van der Waals surface area contributed by atoms with Gasteiger partial charge >= 0.3 is 0 Å². The lowest BCUT2D eigenvalue weighted by Crippen LogP contribution is -2.59. The second-order valence-electron chi connectivity index (χ2n) is 7.86. The van der Waals surface area contributed by atoms with E-state index < -0.39 is 10.0 Å². The third kappa shape index (κ3) is 2.70. The molecule has 2 saturated heterocycles. The van der Waals surface area contributed by atoms with Gasteiger partial charge in [0, 0.05) is 19.1 Å². The van der Waals surface area contributed by atoms with Gasteiger partial charge in [-0.2, -0.15) is 4.31 Å². The van der Waals surface area contributed by atoms with Crippen LogP contribution in [0, 0.1) is 19.8 Å². The molecule has 0 saturated carbocycles. The average molecular weight is 362 g/mol. The van der Waals surface area contributed by atoms with E-state index in [2.05, 4.69) is 26.0 Å². The molecule has 3 atom stereocenters. The Morgan fingerprint density at radius 1 is 1.12 bits per heavy atom. The SMILES string of the molecule is Cc1cc2c(cc1C)C1CC3C(CCCN3S(C)(=O)=O)C(=O)N1CC2. The number of sulfonamides is 1. The first kappa shape index (κ1) is 17.0. The number of hydrogen-bond donors (Lipinski definition) is 0. The lowest BCUT2D eigenvalue weighted by atomic mass is 9.76. The highest BCUT2D eigenvalue weighted by Crippen LogP contribution is 2.44. The van der Waals surface area contributed by atoms with Gasteiger partial charge in [-0.15, -0.1) is 0 Å². The van der Waals surface area contributed by atoms with Crippen molar-refractivity contribution in [2.45, 2.75) is 51.6 Å². The summed E-state index contributed by atoms with van der Waals surface area (Å²) in [7, 11) is -3.29. The molecule has 3 aliphatic heterocycles. The number of benzene rings is 1. The van der Waals surface area contributed by atoms with Gasteiger partial charge in [0.15, 0.2) is 0 Å². The average Bonchev–Trinajstić information content (AvgIpc) is 2.55. The lowest BCUT2D eigenvalue weighted by Gasteiger charge is -2.51. The molecule has 136 valence electrons. The van der Waals surface area contributed by atoms with Crippen molar-refractivity contribution in [3.05, 3.63) is 34.4 Å². The zero-order valence-corrected chi connectivity index (χ0v) is 16.0. The Hall–Kier alpha value is -1.40. The largest absolute Gasteiger partial charge is 0.335 e. The molecule has 0 aromatic heterocycles. The fourth-order valence-corrected chi connectivity index (χ4v) is 6.14. The van der Waals surface area contributed by atoms with Crippen molar-refractivity contribution in [3.63, 3.8) is 0 Å². The second kappa shape index (κ2) is 5.81. The molecule has 2 fully saturated rings. The number of nitrogens with zero attached hydrogens (tertiary/aromatic N) is 2. The first-order valence-electron chi connectivity index (χ1n) is 9.14. The van der Waals surface area contributed by atoms with Crippen molar-refractivity contribution in [2.75, 3.05) is 19.3 Å². The zero-order valence-electron chi connectivity index (χ0n) is 15.2. The Kier molecular flexibility index (Phi) is 3.96. The third-order valence-corrected chi connectivity index (χ3v) is 7.64. The summed E-state index contributed by atoms with van der Waals surface area (Å²) in [6.45, 7) is 5.52. The molecule has 0 bridgehead atoms. The van der Waals surface area contributed by atoms with Gasteiger partial charge in [0.05, 0.1) is 18.2 Å². The maximum atomic E-state index is 13.1. The predicted octanol–water partition coefficient (Wildman–Crippen LogP) is 2.17. The maximum absolute atomic E-state index is 13.1. The number of carbonyl (C=O) groups is 1. The Morgan fingerprint density at radius 3 is 2.56 bits per heavy atom. The van der Waals surface area contributed by atoms with Crippen LogP contribution >= 0.6 is 0 Å². The van der Waals surface area contributed by atoms with Crippen LogP contribution in [0.25, 0.3) is 0 Å². The van der Waals surface area contributed by atoms with Crippen molar-refractivity contribution >= 4 is 15.9 Å². The highest BCUT2D eigenvalue weighted by molar-refractivity contribution is 7.88. The van der Waals surface area contributed by atoms with Crippen molar-refractivity contribution < 1.29 is 13.2 Å². The predicted molar refractivity (Wildman–Crippen MR) is 96.8 cm³/mol. The maximum Gasteiger partial charge on any atom is 0.227 e. The molecule has 4 rings (SSSR count). The minimum atomic E-state index is -3.29. The van der Waals surface area contributed by atoms with E-state index in [0.717, 1.165) is 32.2 Å². The minimum absolute atomic E-state index is 0.0131. The molecule has 5 nitrogen and oxygen atoms in total. The van der Waals surface area contributed by atoms with E-state index >= 15 is 0 Å². The summed E-state index contributed by atoms with van der Waals surface area (Å²) in [5.41, 5.74) is 5.05. The van der Waals surface area contributed by atoms with Crippen LogP contribution in [0.15, 0.2) is 12.1 Å². The number of piperidine rings is 2. The summed E-state index contributed by atoms with van der Waals surface area (Å²) >= 11 is 0. The number of carbonyl (C=O) groups excluding carboxylic acids is 1. The molecule has 3 heterocycles. The van der Waals surface area contributed by atoms with E-state index in [9.17, 15) is 13.2 Å². The van der Waals surface area contributed by atoms with Crippen LogP contribution in [-0.2, 0) is 21.2 Å². The summed E-state index contributed by atoms with van der Waals surface area (Å²) in [4.78, 5) is 15.2. The van der Waals surface area contributed by atoms with Crippen LogP contribution in [0.1, 0.15) is 47.6 Å². The Morgan fingerprint density at radius 2 is 1.84 bits per heavy atom. The minimum Gasteiger partial charge on any atom is -0.335 e. The van der Waals surface area contributed by atoms with Crippen LogP contribution in [0.2, 0.25) is 0 Å². The third-order valence-electron chi connectivity index (χ3n) is 6.33. The highest BCUT2D eigenvalue weighted by atomic mass is 32.2. The molecule has 6 heteroatoms. The topological polar surface area (TPSA) is 57.7 Å². The van der Waals surface area contributed by atoms with E-state index in [1.807, 2.05) is 4.90 Å². The highest BCUT2D eigenvalue weighted by Gasteiger charge is 2.49. The Bertz CT molecular complexity index is 833. The molecular weight excluding hydrogens is 336 g/mol. The van der Waals surface area contributed by atoms with E-state index in [1.54, 1.807) is 4.31 Å². The molecule has 3 unspecified atom stereocenters. The van der Waals surface area contributed by atoms with Gasteiger partial charge < -0.3 is 4.90 Å². The Balaban J connectivity index is 1.76. The number of fused-ring (bicyclic) bond motifs is 4. The van der Waals surface area contributed by atoms with Gasteiger partial charge in [0.2, 0.25) is 15.9 Å². The number of rotatable bonds is 1. The van der Waals surface area contributed by atoms with Gasteiger partial charge in [-0.3, -0.25) is 4.79 Å². The zero-order chi connectivity index (χ0) is 17.9. The molecule has 1 aromatic carbocycles. The van der Waals surface area contributed by atoms with Gasteiger partial charge in [-0.25, -0.2) is 8.42 Å². The molecule has 25 heavy (non-hydrogen) atoms. The van der Waals surface area contributed by atoms with Crippen molar-refractivity contribution in [2.24, 2.45) is 5.92 Å². The van der Waals surface area contributed by atoms with Gasteiger partial charge in [-0.05, 0) is 61.8 Å². The summed E-state index contributed by atoms with van der Waals surface area (Å²) in [6, 6.07) is 4.28. The fraction of sp³-hybridized carbons (Fsp3) is 0.632. The second-order valence-corrected chi connectivity index (χ2v) is 9.79. The first-order valence-corrected chi connectivity index (χ1v) is 11.0. The van der Waals surface area contributed by atoms with Crippen LogP contribution < -0.4 is 0 Å².